The smallest absolute Gasteiger partial charge is 0.213 e. The molecule has 1 atom stereocenters. The lowest BCUT2D eigenvalue weighted by molar-refractivity contribution is 0.0211. The van der Waals surface area contributed by atoms with Crippen LogP contribution in [0.1, 0.15) is 51.5 Å². The van der Waals surface area contributed by atoms with E-state index in [9.17, 15) is 0 Å². The Morgan fingerprint density at radius 1 is 1.23 bits per heavy atom. The van der Waals surface area contributed by atoms with Gasteiger partial charge in [0.1, 0.15) is 6.10 Å². The van der Waals surface area contributed by atoms with Crippen LogP contribution >= 0.6 is 24.0 Å². The van der Waals surface area contributed by atoms with Gasteiger partial charge in [-0.05, 0) is 45.1 Å². The number of hydrogen-bond acceptors (Lipinski definition) is 5. The van der Waals surface area contributed by atoms with E-state index in [-0.39, 0.29) is 24.0 Å². The molecule has 7 nitrogen and oxygen atoms in total. The average molecular weight is 531 g/mol. The number of nitrogens with zero attached hydrogens (tertiary/aromatic N) is 3. The lowest BCUT2D eigenvalue weighted by Crippen LogP contribution is -2.49. The van der Waals surface area contributed by atoms with Crippen molar-refractivity contribution in [3.8, 4) is 5.88 Å². The van der Waals surface area contributed by atoms with Crippen LogP contribution < -0.4 is 15.4 Å². The highest BCUT2D eigenvalue weighted by Gasteiger charge is 2.17. The van der Waals surface area contributed by atoms with E-state index in [1.807, 2.05) is 12.3 Å². The van der Waals surface area contributed by atoms with Gasteiger partial charge in [0.15, 0.2) is 5.96 Å². The van der Waals surface area contributed by atoms with Gasteiger partial charge in [0.25, 0.3) is 0 Å². The first-order chi connectivity index (χ1) is 14.2. The van der Waals surface area contributed by atoms with E-state index >= 15 is 0 Å². The van der Waals surface area contributed by atoms with E-state index < -0.39 is 0 Å². The Hall–Kier alpha value is -1.13. The third-order valence-corrected chi connectivity index (χ3v) is 5.64. The van der Waals surface area contributed by atoms with Crippen molar-refractivity contribution in [2.75, 3.05) is 39.4 Å². The molecule has 0 radical (unpaired) electrons. The highest BCUT2D eigenvalue weighted by molar-refractivity contribution is 14.0. The molecule has 1 aliphatic carbocycles. The number of pyridine rings is 1. The van der Waals surface area contributed by atoms with Gasteiger partial charge >= 0.3 is 0 Å². The van der Waals surface area contributed by atoms with Crippen LogP contribution in [0.25, 0.3) is 0 Å². The molecule has 0 amide bonds. The zero-order chi connectivity index (χ0) is 20.3. The molecule has 1 aromatic heterocycles. The summed E-state index contributed by atoms with van der Waals surface area (Å²) in [6, 6.07) is 4.48. The number of aromatic nitrogens is 1. The standard InChI is InChI=1S/C22H37N5O2.HI/c1-3-23-22(25-15-18(2)27-11-13-28-14-12-27)26-17-19-9-10-21(24-16-19)29-20-7-5-4-6-8-20;/h9-10,16,18,20H,3-8,11-15,17H2,1-2H3,(H2,23,25,26);1H. The summed E-state index contributed by atoms with van der Waals surface area (Å²) in [5, 5.41) is 6.79. The predicted octanol–water partition coefficient (Wildman–Crippen LogP) is 3.19. The van der Waals surface area contributed by atoms with Crippen molar-refractivity contribution in [3.05, 3.63) is 23.9 Å². The Bertz CT molecular complexity index is 616. The van der Waals surface area contributed by atoms with E-state index in [1.54, 1.807) is 0 Å². The number of aliphatic imine (C=N–C) groups is 1. The molecule has 1 unspecified atom stereocenters. The van der Waals surface area contributed by atoms with Gasteiger partial charge < -0.3 is 20.1 Å². The fourth-order valence-corrected chi connectivity index (χ4v) is 3.83. The normalized spacial score (nSPS) is 19.6. The maximum absolute atomic E-state index is 6.01. The van der Waals surface area contributed by atoms with Crippen LogP contribution in [0.15, 0.2) is 23.3 Å². The van der Waals surface area contributed by atoms with Gasteiger partial charge in [-0.15, -0.1) is 24.0 Å². The summed E-state index contributed by atoms with van der Waals surface area (Å²) in [4.78, 5) is 11.7. The van der Waals surface area contributed by atoms with Gasteiger partial charge in [-0.25, -0.2) is 9.98 Å². The van der Waals surface area contributed by atoms with Crippen LogP contribution in [-0.2, 0) is 11.3 Å². The van der Waals surface area contributed by atoms with Crippen LogP contribution in [0.5, 0.6) is 5.88 Å². The minimum atomic E-state index is 0. The molecule has 2 fully saturated rings. The lowest BCUT2D eigenvalue weighted by Gasteiger charge is -2.32. The van der Waals surface area contributed by atoms with Crippen LogP contribution in [-0.4, -0.2) is 67.4 Å². The molecule has 1 saturated carbocycles. The zero-order valence-electron chi connectivity index (χ0n) is 18.4. The third-order valence-electron chi connectivity index (χ3n) is 5.64. The molecule has 2 N–H and O–H groups in total. The van der Waals surface area contributed by atoms with Gasteiger partial charge in [-0.1, -0.05) is 12.5 Å². The van der Waals surface area contributed by atoms with Crippen molar-refractivity contribution in [2.24, 2.45) is 4.99 Å². The second-order valence-corrected chi connectivity index (χ2v) is 7.96. The second-order valence-electron chi connectivity index (χ2n) is 7.96. The molecule has 3 rings (SSSR count). The SMILES string of the molecule is CCNC(=NCc1ccc(OC2CCCCC2)nc1)NCC(C)N1CCOCC1.I. The summed E-state index contributed by atoms with van der Waals surface area (Å²) in [5.74, 6) is 1.57. The molecule has 0 aromatic carbocycles. The van der Waals surface area contributed by atoms with Gasteiger partial charge in [0, 0.05) is 44.5 Å². The van der Waals surface area contributed by atoms with E-state index in [0.29, 0.717) is 18.7 Å². The number of morpholine rings is 1. The summed E-state index contributed by atoms with van der Waals surface area (Å²) >= 11 is 0. The molecule has 0 spiro atoms. The van der Waals surface area contributed by atoms with E-state index in [2.05, 4.69) is 40.4 Å². The number of nitrogens with one attached hydrogen (secondary N) is 2. The van der Waals surface area contributed by atoms with E-state index in [0.717, 1.165) is 69.6 Å². The fraction of sp³-hybridized carbons (Fsp3) is 0.727. The average Bonchev–Trinajstić information content (AvgIpc) is 2.78. The molecular weight excluding hydrogens is 493 g/mol. The summed E-state index contributed by atoms with van der Waals surface area (Å²) in [6.45, 7) is 10.3. The summed E-state index contributed by atoms with van der Waals surface area (Å²) < 4.78 is 11.5. The van der Waals surface area contributed by atoms with Crippen LogP contribution in [0, 0.1) is 0 Å². The quantitative estimate of drug-likeness (QED) is 0.305. The first-order valence-corrected chi connectivity index (χ1v) is 11.2. The number of halogens is 1. The van der Waals surface area contributed by atoms with E-state index in [1.165, 1.54) is 19.3 Å². The Balaban J connectivity index is 0.00000320. The molecule has 170 valence electrons. The molecule has 30 heavy (non-hydrogen) atoms. The highest BCUT2D eigenvalue weighted by Crippen LogP contribution is 2.22. The van der Waals surface area contributed by atoms with Crippen molar-refractivity contribution >= 4 is 29.9 Å². The van der Waals surface area contributed by atoms with Crippen LogP contribution in [0.4, 0.5) is 0 Å². The molecule has 1 aromatic rings. The zero-order valence-corrected chi connectivity index (χ0v) is 20.8. The molecule has 1 saturated heterocycles. The number of hydrogen-bond donors (Lipinski definition) is 2. The van der Waals surface area contributed by atoms with Crippen molar-refractivity contribution in [3.63, 3.8) is 0 Å². The first kappa shape index (κ1) is 25.1. The fourth-order valence-electron chi connectivity index (χ4n) is 3.83. The van der Waals surface area contributed by atoms with Crippen LogP contribution in [0.3, 0.4) is 0 Å². The highest BCUT2D eigenvalue weighted by atomic mass is 127. The molecule has 8 heteroatoms. The van der Waals surface area contributed by atoms with E-state index in [4.69, 9.17) is 14.5 Å². The predicted molar refractivity (Wildman–Crippen MR) is 132 cm³/mol. The number of guanidine groups is 1. The first-order valence-electron chi connectivity index (χ1n) is 11.2. The van der Waals surface area contributed by atoms with Gasteiger partial charge in [-0.2, -0.15) is 0 Å². The Kier molecular flexibility index (Phi) is 11.8. The topological polar surface area (TPSA) is 71.0 Å². The van der Waals surface area contributed by atoms with Crippen LogP contribution in [0.2, 0.25) is 0 Å². The van der Waals surface area contributed by atoms with Crippen molar-refractivity contribution in [2.45, 2.75) is 64.6 Å². The Morgan fingerprint density at radius 3 is 2.67 bits per heavy atom. The molecule has 0 bridgehead atoms. The van der Waals surface area contributed by atoms with Crippen molar-refractivity contribution in [1.29, 1.82) is 0 Å². The maximum atomic E-state index is 6.01. The van der Waals surface area contributed by atoms with Crippen molar-refractivity contribution < 1.29 is 9.47 Å². The Labute approximate surface area is 198 Å². The third kappa shape index (κ3) is 8.55. The lowest BCUT2D eigenvalue weighted by atomic mass is 9.98. The Morgan fingerprint density at radius 2 is 2.00 bits per heavy atom. The summed E-state index contributed by atoms with van der Waals surface area (Å²) in [6.07, 6.45) is 8.36. The second kappa shape index (κ2) is 14.0. The molecular formula is C22H38IN5O2. The summed E-state index contributed by atoms with van der Waals surface area (Å²) in [7, 11) is 0. The number of ether oxygens (including phenoxy) is 2. The minimum Gasteiger partial charge on any atom is -0.474 e. The molecule has 2 aliphatic rings. The molecule has 2 heterocycles. The van der Waals surface area contributed by atoms with Gasteiger partial charge in [-0.3, -0.25) is 4.90 Å². The molecule has 1 aliphatic heterocycles. The van der Waals surface area contributed by atoms with Crippen molar-refractivity contribution in [1.82, 2.24) is 20.5 Å². The van der Waals surface area contributed by atoms with Gasteiger partial charge in [0.05, 0.1) is 19.8 Å². The monoisotopic (exact) mass is 531 g/mol. The number of rotatable bonds is 8. The maximum Gasteiger partial charge on any atom is 0.213 e. The summed E-state index contributed by atoms with van der Waals surface area (Å²) in [5.41, 5.74) is 1.08. The largest absolute Gasteiger partial charge is 0.474 e. The van der Waals surface area contributed by atoms with Gasteiger partial charge in [0.2, 0.25) is 5.88 Å². The minimum absolute atomic E-state index is 0.